The SMILES string of the molecule is CNC(=O)C(C)N(Cc1ccc(Cl)c(Cl)c1)C(=O)CN(c1cc(Cl)ccc1OC)S(=O)(=O)c1ccc(C)c([N+](=O)[O-])c1. The molecule has 0 saturated carbocycles. The second-order valence-corrected chi connectivity index (χ2v) is 12.2. The lowest BCUT2D eigenvalue weighted by molar-refractivity contribution is -0.385. The van der Waals surface area contributed by atoms with Gasteiger partial charge < -0.3 is 15.0 Å². The first-order valence-corrected chi connectivity index (χ1v) is 14.8. The summed E-state index contributed by atoms with van der Waals surface area (Å²) in [5.41, 5.74) is 0.255. The lowest BCUT2D eigenvalue weighted by Crippen LogP contribution is -2.50. The highest BCUT2D eigenvalue weighted by molar-refractivity contribution is 7.92. The number of aryl methyl sites for hydroxylation is 1. The summed E-state index contributed by atoms with van der Waals surface area (Å²) >= 11 is 18.4. The zero-order chi connectivity index (χ0) is 31.4. The van der Waals surface area contributed by atoms with Crippen molar-refractivity contribution in [2.24, 2.45) is 0 Å². The number of ether oxygens (including phenoxy) is 1. The van der Waals surface area contributed by atoms with Crippen molar-refractivity contribution >= 4 is 68.0 Å². The maximum absolute atomic E-state index is 14.1. The monoisotopic (exact) mass is 656 g/mol. The molecule has 0 radical (unpaired) electrons. The van der Waals surface area contributed by atoms with Crippen LogP contribution in [-0.4, -0.2) is 56.8 Å². The van der Waals surface area contributed by atoms with Gasteiger partial charge in [-0.15, -0.1) is 0 Å². The fourth-order valence-corrected chi connectivity index (χ4v) is 6.00. The van der Waals surface area contributed by atoms with E-state index in [1.807, 2.05) is 0 Å². The number of hydrogen-bond donors (Lipinski definition) is 1. The Morgan fingerprint density at radius 3 is 2.33 bits per heavy atom. The minimum Gasteiger partial charge on any atom is -0.495 e. The highest BCUT2D eigenvalue weighted by Crippen LogP contribution is 2.36. The van der Waals surface area contributed by atoms with Crippen LogP contribution >= 0.6 is 34.8 Å². The number of halogens is 3. The van der Waals surface area contributed by atoms with Gasteiger partial charge in [0.25, 0.3) is 15.7 Å². The molecular formula is C27H27Cl3N4O7S. The van der Waals surface area contributed by atoms with Gasteiger partial charge in [-0.05, 0) is 55.8 Å². The van der Waals surface area contributed by atoms with E-state index >= 15 is 0 Å². The third kappa shape index (κ3) is 7.24. The molecule has 0 fully saturated rings. The summed E-state index contributed by atoms with van der Waals surface area (Å²) in [5.74, 6) is -1.22. The summed E-state index contributed by atoms with van der Waals surface area (Å²) < 4.78 is 34.3. The molecule has 0 heterocycles. The van der Waals surface area contributed by atoms with Crippen LogP contribution in [0.1, 0.15) is 18.1 Å². The number of anilines is 1. The van der Waals surface area contributed by atoms with Gasteiger partial charge in [-0.2, -0.15) is 0 Å². The Labute approximate surface area is 258 Å². The van der Waals surface area contributed by atoms with Crippen LogP contribution in [0.15, 0.2) is 59.5 Å². The van der Waals surface area contributed by atoms with E-state index in [0.29, 0.717) is 5.56 Å². The van der Waals surface area contributed by atoms with E-state index in [4.69, 9.17) is 39.5 Å². The van der Waals surface area contributed by atoms with Crippen molar-refractivity contribution in [3.63, 3.8) is 0 Å². The number of likely N-dealkylation sites (N-methyl/N-ethyl adjacent to an activating group) is 1. The lowest BCUT2D eigenvalue weighted by Gasteiger charge is -2.32. The number of rotatable bonds is 11. The molecule has 0 bridgehead atoms. The highest BCUT2D eigenvalue weighted by Gasteiger charge is 2.34. The van der Waals surface area contributed by atoms with Crippen LogP contribution in [0.25, 0.3) is 0 Å². The first kappa shape index (κ1) is 32.9. The molecule has 42 heavy (non-hydrogen) atoms. The number of hydrogen-bond acceptors (Lipinski definition) is 7. The number of sulfonamides is 1. The van der Waals surface area contributed by atoms with Crippen LogP contribution in [-0.2, 0) is 26.2 Å². The van der Waals surface area contributed by atoms with E-state index in [1.165, 1.54) is 75.4 Å². The van der Waals surface area contributed by atoms with Crippen LogP contribution < -0.4 is 14.4 Å². The summed E-state index contributed by atoms with van der Waals surface area (Å²) in [7, 11) is -1.93. The number of benzene rings is 3. The predicted molar refractivity (Wildman–Crippen MR) is 161 cm³/mol. The summed E-state index contributed by atoms with van der Waals surface area (Å²) in [4.78, 5) is 38.2. The number of amides is 2. The van der Waals surface area contributed by atoms with E-state index in [-0.39, 0.29) is 38.6 Å². The molecule has 3 rings (SSSR count). The van der Waals surface area contributed by atoms with Crippen molar-refractivity contribution in [3.05, 3.63) is 90.9 Å². The van der Waals surface area contributed by atoms with Crippen molar-refractivity contribution in [1.29, 1.82) is 0 Å². The fourth-order valence-electron chi connectivity index (χ4n) is 4.07. The Hall–Kier alpha value is -3.58. The molecule has 1 N–H and O–H groups in total. The van der Waals surface area contributed by atoms with Crippen LogP contribution in [0.4, 0.5) is 11.4 Å². The van der Waals surface area contributed by atoms with Gasteiger partial charge in [0, 0.05) is 30.2 Å². The zero-order valence-corrected chi connectivity index (χ0v) is 26.0. The average Bonchev–Trinajstić information content (AvgIpc) is 2.95. The molecule has 0 aliphatic carbocycles. The molecule has 2 amide bonds. The van der Waals surface area contributed by atoms with Gasteiger partial charge in [-0.25, -0.2) is 8.42 Å². The van der Waals surface area contributed by atoms with E-state index in [1.54, 1.807) is 6.07 Å². The van der Waals surface area contributed by atoms with Gasteiger partial charge in [0.1, 0.15) is 18.3 Å². The standard InChI is InChI=1S/C27H27Cl3N4O7S/c1-16-5-8-20(13-23(16)34(37)38)42(39,40)33(24-12-19(28)7-10-25(24)41-4)15-26(35)32(17(2)27(36)31-3)14-18-6-9-21(29)22(30)11-18/h5-13,17H,14-15H2,1-4H3,(H,31,36). The largest absolute Gasteiger partial charge is 0.495 e. The Balaban J connectivity index is 2.17. The Morgan fingerprint density at radius 1 is 1.05 bits per heavy atom. The topological polar surface area (TPSA) is 139 Å². The van der Waals surface area contributed by atoms with E-state index in [0.717, 1.165) is 10.4 Å². The molecule has 3 aromatic carbocycles. The maximum Gasteiger partial charge on any atom is 0.273 e. The van der Waals surface area contributed by atoms with Crippen molar-refractivity contribution in [2.45, 2.75) is 31.3 Å². The smallest absolute Gasteiger partial charge is 0.273 e. The molecule has 0 aliphatic heterocycles. The molecule has 1 atom stereocenters. The van der Waals surface area contributed by atoms with Crippen LogP contribution in [0.5, 0.6) is 5.75 Å². The number of nitrogens with zero attached hydrogens (tertiary/aromatic N) is 3. The molecule has 224 valence electrons. The second kappa shape index (κ2) is 13.6. The molecule has 0 aromatic heterocycles. The van der Waals surface area contributed by atoms with Crippen LogP contribution in [0.2, 0.25) is 15.1 Å². The van der Waals surface area contributed by atoms with Gasteiger partial charge >= 0.3 is 0 Å². The van der Waals surface area contributed by atoms with Gasteiger partial charge in [0.15, 0.2) is 0 Å². The summed E-state index contributed by atoms with van der Waals surface area (Å²) in [6.45, 7) is 2.01. The molecule has 1 unspecified atom stereocenters. The third-order valence-corrected chi connectivity index (χ3v) is 9.13. The van der Waals surface area contributed by atoms with Crippen LogP contribution in [0.3, 0.4) is 0 Å². The van der Waals surface area contributed by atoms with Gasteiger partial charge in [0.2, 0.25) is 11.8 Å². The van der Waals surface area contributed by atoms with Crippen LogP contribution in [0, 0.1) is 17.0 Å². The molecule has 0 aliphatic rings. The lowest BCUT2D eigenvalue weighted by atomic mass is 10.1. The normalized spacial score (nSPS) is 11.9. The van der Waals surface area contributed by atoms with Crippen molar-refractivity contribution in [2.75, 3.05) is 25.0 Å². The van der Waals surface area contributed by atoms with E-state index in [2.05, 4.69) is 5.32 Å². The third-order valence-electron chi connectivity index (χ3n) is 6.40. The van der Waals surface area contributed by atoms with Crippen molar-refractivity contribution in [3.8, 4) is 5.75 Å². The number of nitrogens with one attached hydrogen (secondary N) is 1. The van der Waals surface area contributed by atoms with Crippen molar-refractivity contribution in [1.82, 2.24) is 10.2 Å². The number of nitro groups is 1. The Kier molecular flexibility index (Phi) is 10.7. The van der Waals surface area contributed by atoms with Gasteiger partial charge in [-0.1, -0.05) is 46.9 Å². The van der Waals surface area contributed by atoms with Gasteiger partial charge in [-0.3, -0.25) is 24.0 Å². The summed E-state index contributed by atoms with van der Waals surface area (Å²) in [6.07, 6.45) is 0. The number of carbonyl (C=O) groups excluding carboxylic acids is 2. The van der Waals surface area contributed by atoms with Gasteiger partial charge in [0.05, 0.1) is 32.7 Å². The quantitative estimate of drug-likeness (QED) is 0.220. The predicted octanol–water partition coefficient (Wildman–Crippen LogP) is 5.23. The first-order chi connectivity index (χ1) is 19.7. The minimum absolute atomic E-state index is 0.0627. The number of carbonyl (C=O) groups is 2. The molecule has 0 saturated heterocycles. The van der Waals surface area contributed by atoms with E-state index in [9.17, 15) is 28.1 Å². The molecule has 11 nitrogen and oxygen atoms in total. The first-order valence-electron chi connectivity index (χ1n) is 12.3. The molecule has 15 heteroatoms. The highest BCUT2D eigenvalue weighted by atomic mass is 35.5. The maximum atomic E-state index is 14.1. The zero-order valence-electron chi connectivity index (χ0n) is 22.9. The van der Waals surface area contributed by atoms with E-state index < -0.39 is 49.9 Å². The molecule has 3 aromatic rings. The molecular weight excluding hydrogens is 631 g/mol. The number of nitro benzene ring substituents is 1. The average molecular weight is 658 g/mol. The summed E-state index contributed by atoms with van der Waals surface area (Å²) in [5, 5.41) is 14.7. The number of methoxy groups -OCH3 is 1. The fraction of sp³-hybridized carbons (Fsp3) is 0.259. The van der Waals surface area contributed by atoms with Crippen molar-refractivity contribution < 1.29 is 27.7 Å². The Bertz CT molecular complexity index is 1640. The Morgan fingerprint density at radius 2 is 1.74 bits per heavy atom. The second-order valence-electron chi connectivity index (χ2n) is 9.09. The molecule has 0 spiro atoms. The summed E-state index contributed by atoms with van der Waals surface area (Å²) in [6, 6.07) is 11.2. The minimum atomic E-state index is -4.64.